The largest absolute Gasteiger partial charge is 0.309 e. The second-order valence-electron chi connectivity index (χ2n) is 18.2. The van der Waals surface area contributed by atoms with Crippen molar-refractivity contribution in [2.45, 2.75) is 0 Å². The molecule has 14 aromatic rings. The minimum Gasteiger partial charge on any atom is -0.309 e. The predicted molar refractivity (Wildman–Crippen MR) is 291 cm³/mol. The van der Waals surface area contributed by atoms with Crippen LogP contribution in [0.25, 0.3) is 137 Å². The van der Waals surface area contributed by atoms with E-state index in [4.69, 9.17) is 9.97 Å². The van der Waals surface area contributed by atoms with E-state index in [2.05, 4.69) is 247 Å². The lowest BCUT2D eigenvalue weighted by Crippen LogP contribution is -1.94. The van der Waals surface area contributed by atoms with Crippen molar-refractivity contribution in [3.8, 4) is 61.5 Å². The summed E-state index contributed by atoms with van der Waals surface area (Å²) < 4.78 is 2.42. The van der Waals surface area contributed by atoms with E-state index in [0.717, 1.165) is 49.9 Å². The van der Waals surface area contributed by atoms with Crippen molar-refractivity contribution >= 4 is 75.9 Å². The fourth-order valence-electron chi connectivity index (χ4n) is 10.7. The first-order chi connectivity index (χ1) is 34.2. The van der Waals surface area contributed by atoms with Gasteiger partial charge in [-0.2, -0.15) is 0 Å². The van der Waals surface area contributed by atoms with Crippen LogP contribution >= 0.6 is 0 Å². The highest BCUT2D eigenvalue weighted by Gasteiger charge is 2.17. The highest BCUT2D eigenvalue weighted by molar-refractivity contribution is 6.23. The Morgan fingerprint density at radius 3 is 1.25 bits per heavy atom. The van der Waals surface area contributed by atoms with Crippen molar-refractivity contribution in [3.05, 3.63) is 249 Å². The minimum absolute atomic E-state index is 0.863. The third-order valence-electron chi connectivity index (χ3n) is 14.2. The van der Waals surface area contributed by atoms with Crippen LogP contribution in [-0.4, -0.2) is 14.5 Å². The van der Waals surface area contributed by atoms with Gasteiger partial charge in [0.2, 0.25) is 0 Å². The number of rotatable bonds is 6. The van der Waals surface area contributed by atoms with E-state index >= 15 is 0 Å². The van der Waals surface area contributed by atoms with Gasteiger partial charge >= 0.3 is 0 Å². The molecule has 0 aliphatic heterocycles. The third kappa shape index (κ3) is 6.58. The van der Waals surface area contributed by atoms with Crippen LogP contribution in [-0.2, 0) is 0 Å². The van der Waals surface area contributed by atoms with Crippen molar-refractivity contribution in [2.24, 2.45) is 0 Å². The molecule has 14 rings (SSSR count). The van der Waals surface area contributed by atoms with Gasteiger partial charge in [0.15, 0.2) is 0 Å². The lowest BCUT2D eigenvalue weighted by atomic mass is 9.97. The maximum Gasteiger partial charge on any atom is 0.0979 e. The van der Waals surface area contributed by atoms with Crippen molar-refractivity contribution in [1.82, 2.24) is 14.5 Å². The molecule has 0 spiro atoms. The van der Waals surface area contributed by atoms with Gasteiger partial charge in [0.05, 0.1) is 34.0 Å². The quantitative estimate of drug-likeness (QED) is 0.156. The molecule has 0 amide bonds. The van der Waals surface area contributed by atoms with Crippen LogP contribution in [0.2, 0.25) is 0 Å². The molecule has 3 heteroatoms. The molecule has 0 bridgehead atoms. The van der Waals surface area contributed by atoms with Gasteiger partial charge in [0.1, 0.15) is 0 Å². The van der Waals surface area contributed by atoms with Crippen LogP contribution < -0.4 is 0 Å². The molecule has 69 heavy (non-hydrogen) atoms. The van der Waals surface area contributed by atoms with Gasteiger partial charge in [-0.25, -0.2) is 4.98 Å². The smallest absolute Gasteiger partial charge is 0.0979 e. The zero-order valence-corrected chi connectivity index (χ0v) is 37.5. The zero-order chi connectivity index (χ0) is 45.4. The average Bonchev–Trinajstić information content (AvgIpc) is 3.76. The van der Waals surface area contributed by atoms with Gasteiger partial charge in [-0.3, -0.25) is 4.98 Å². The van der Waals surface area contributed by atoms with E-state index in [-0.39, 0.29) is 0 Å². The Labute approximate surface area is 398 Å². The maximum absolute atomic E-state index is 5.23. The van der Waals surface area contributed by atoms with E-state index in [1.807, 2.05) is 6.20 Å². The summed E-state index contributed by atoms with van der Waals surface area (Å²) in [6.45, 7) is 0. The molecule has 0 saturated carbocycles. The molecule has 12 aromatic carbocycles. The Morgan fingerprint density at radius 1 is 0.261 bits per heavy atom. The molecule has 0 atom stereocenters. The summed E-state index contributed by atoms with van der Waals surface area (Å²) in [4.78, 5) is 10.2. The first-order valence-electron chi connectivity index (χ1n) is 23.6. The fraction of sp³-hybridized carbons (Fsp3) is 0. The molecule has 2 aromatic heterocycles. The molecule has 0 fully saturated rings. The third-order valence-corrected chi connectivity index (χ3v) is 14.2. The number of hydrogen-bond acceptors (Lipinski definition) is 2. The molecule has 2 heterocycles. The van der Waals surface area contributed by atoms with E-state index in [0.29, 0.717) is 0 Å². The van der Waals surface area contributed by atoms with Crippen LogP contribution in [0.4, 0.5) is 0 Å². The van der Waals surface area contributed by atoms with Crippen LogP contribution in [0, 0.1) is 0 Å². The summed E-state index contributed by atoms with van der Waals surface area (Å²) in [5, 5.41) is 12.1. The summed E-state index contributed by atoms with van der Waals surface area (Å²) in [7, 11) is 0. The van der Waals surface area contributed by atoms with Crippen molar-refractivity contribution in [1.29, 1.82) is 0 Å². The maximum atomic E-state index is 5.23. The Kier molecular flexibility index (Phi) is 8.90. The minimum atomic E-state index is 0.863. The Morgan fingerprint density at radius 2 is 0.681 bits per heavy atom. The summed E-state index contributed by atoms with van der Waals surface area (Å²) in [6, 6.07) is 88.3. The molecular formula is C66H41N3. The van der Waals surface area contributed by atoms with Crippen LogP contribution in [0.3, 0.4) is 0 Å². The predicted octanol–water partition coefficient (Wildman–Crippen LogP) is 17.7. The summed E-state index contributed by atoms with van der Waals surface area (Å²) >= 11 is 0. The topological polar surface area (TPSA) is 30.7 Å². The number of nitrogens with zero attached hydrogens (tertiary/aromatic N) is 3. The van der Waals surface area contributed by atoms with Gasteiger partial charge in [-0.1, -0.05) is 188 Å². The van der Waals surface area contributed by atoms with Gasteiger partial charge in [-0.15, -0.1) is 0 Å². The van der Waals surface area contributed by atoms with Crippen molar-refractivity contribution in [2.75, 3.05) is 0 Å². The SMILES string of the molecule is c1cc(-c2ccc(-c3cnc4c5ccccc5c5ccccc5c4n3)cc2)cc(-c2ccc(-n3c4ccc(-c5ccc6ccccc6c5)cc4c4cc(-c5ccc6ccccc6c5)ccc43)cc2)c1. The van der Waals surface area contributed by atoms with Crippen LogP contribution in [0.5, 0.6) is 0 Å². The highest BCUT2D eigenvalue weighted by Crippen LogP contribution is 2.40. The molecule has 0 N–H and O–H groups in total. The van der Waals surface area contributed by atoms with E-state index in [9.17, 15) is 0 Å². The second kappa shape index (κ2) is 15.7. The van der Waals surface area contributed by atoms with Gasteiger partial charge in [0.25, 0.3) is 0 Å². The number of aromatic nitrogens is 3. The van der Waals surface area contributed by atoms with Crippen molar-refractivity contribution < 1.29 is 0 Å². The first-order valence-corrected chi connectivity index (χ1v) is 23.6. The first kappa shape index (κ1) is 39.0. The molecule has 3 nitrogen and oxygen atoms in total. The highest BCUT2D eigenvalue weighted by atomic mass is 15.0. The Hall–Kier alpha value is -9.18. The number of fused-ring (bicyclic) bond motifs is 11. The molecule has 320 valence electrons. The monoisotopic (exact) mass is 875 g/mol. The Balaban J connectivity index is 0.808. The number of benzene rings is 12. The summed E-state index contributed by atoms with van der Waals surface area (Å²) in [5.74, 6) is 0. The lowest BCUT2D eigenvalue weighted by molar-refractivity contribution is 1.18. The normalized spacial score (nSPS) is 11.8. The molecule has 0 unspecified atom stereocenters. The fourth-order valence-corrected chi connectivity index (χ4v) is 10.7. The molecule has 0 radical (unpaired) electrons. The zero-order valence-electron chi connectivity index (χ0n) is 37.5. The Bertz CT molecular complexity index is 4180. The van der Waals surface area contributed by atoms with Gasteiger partial charge in [-0.05, 0) is 131 Å². The summed E-state index contributed by atoms with van der Waals surface area (Å²) in [6.07, 6.45) is 1.91. The summed E-state index contributed by atoms with van der Waals surface area (Å²) in [5.41, 5.74) is 16.7. The van der Waals surface area contributed by atoms with Gasteiger partial charge in [0, 0.05) is 32.8 Å². The molecule has 0 aliphatic carbocycles. The number of hydrogen-bond donors (Lipinski definition) is 0. The van der Waals surface area contributed by atoms with Crippen LogP contribution in [0.1, 0.15) is 0 Å². The van der Waals surface area contributed by atoms with Crippen LogP contribution in [0.15, 0.2) is 249 Å². The second-order valence-corrected chi connectivity index (χ2v) is 18.2. The standard InChI is InChI=1S/C66H41N3/c1-3-12-47-37-51(26-22-42(47)10-1)53-30-34-63-60(39-53)61-40-54(52-27-23-43-11-2-4-13-48(43)38-52)31-35-64(61)69(63)55-32-28-45(29-33-55)50-15-9-14-49(36-50)44-20-24-46(25-21-44)62-41-67-65-58-18-7-5-16-56(58)57-17-6-8-19-59(57)66(65)68-62/h1-41H. The molecule has 0 saturated heterocycles. The van der Waals surface area contributed by atoms with Gasteiger partial charge < -0.3 is 4.57 Å². The lowest BCUT2D eigenvalue weighted by Gasteiger charge is -2.12. The van der Waals surface area contributed by atoms with E-state index < -0.39 is 0 Å². The average molecular weight is 876 g/mol. The van der Waals surface area contributed by atoms with E-state index in [1.165, 1.54) is 87.5 Å². The van der Waals surface area contributed by atoms with Crippen molar-refractivity contribution in [3.63, 3.8) is 0 Å². The van der Waals surface area contributed by atoms with E-state index in [1.54, 1.807) is 0 Å². The molecule has 0 aliphatic rings. The molecular weight excluding hydrogens is 835 g/mol.